The first kappa shape index (κ1) is 8.48. The van der Waals surface area contributed by atoms with Crippen LogP contribution < -0.4 is 0 Å². The molecular formula is C9H18N2O. The van der Waals surface area contributed by atoms with Gasteiger partial charge in [0.15, 0.2) is 0 Å². The third-order valence-electron chi connectivity index (χ3n) is 2.97. The van der Waals surface area contributed by atoms with E-state index >= 15 is 0 Å². The molecule has 12 heavy (non-hydrogen) atoms. The molecular weight excluding hydrogens is 152 g/mol. The second-order valence-corrected chi connectivity index (χ2v) is 3.90. The number of rotatable bonds is 1. The monoisotopic (exact) mass is 170 g/mol. The minimum absolute atomic E-state index is 0.646. The van der Waals surface area contributed by atoms with Gasteiger partial charge in [0, 0.05) is 25.2 Å². The summed E-state index contributed by atoms with van der Waals surface area (Å²) in [7, 11) is 2.21. The molecule has 0 radical (unpaired) electrons. The van der Waals surface area contributed by atoms with Crippen molar-refractivity contribution in [3.63, 3.8) is 0 Å². The van der Waals surface area contributed by atoms with Gasteiger partial charge in [0.2, 0.25) is 0 Å². The summed E-state index contributed by atoms with van der Waals surface area (Å²) in [6.45, 7) is 7.61. The molecule has 2 saturated heterocycles. The van der Waals surface area contributed by atoms with Crippen molar-refractivity contribution in [3.05, 3.63) is 0 Å². The smallest absolute Gasteiger partial charge is 0.0635 e. The Morgan fingerprint density at radius 2 is 1.83 bits per heavy atom. The predicted molar refractivity (Wildman–Crippen MR) is 48.3 cm³/mol. The summed E-state index contributed by atoms with van der Waals surface area (Å²) >= 11 is 0. The van der Waals surface area contributed by atoms with Gasteiger partial charge in [0.1, 0.15) is 0 Å². The van der Waals surface area contributed by atoms with Gasteiger partial charge < -0.3 is 9.64 Å². The van der Waals surface area contributed by atoms with E-state index in [0.717, 1.165) is 13.2 Å². The first-order valence-electron chi connectivity index (χ1n) is 4.83. The molecule has 2 fully saturated rings. The molecule has 0 N–H and O–H groups in total. The van der Waals surface area contributed by atoms with Crippen molar-refractivity contribution in [3.8, 4) is 0 Å². The molecule has 0 spiro atoms. The number of fused-ring (bicyclic) bond motifs is 2. The zero-order valence-corrected chi connectivity index (χ0v) is 7.99. The molecule has 2 bridgehead atoms. The fourth-order valence-electron chi connectivity index (χ4n) is 2.46. The Kier molecular flexibility index (Phi) is 2.35. The fourth-order valence-corrected chi connectivity index (χ4v) is 2.46. The number of piperazine rings is 1. The van der Waals surface area contributed by atoms with Crippen LogP contribution in [-0.4, -0.2) is 61.8 Å². The lowest BCUT2D eigenvalue weighted by atomic mass is 10.1. The molecule has 2 heterocycles. The van der Waals surface area contributed by atoms with Crippen LogP contribution in [0, 0.1) is 0 Å². The van der Waals surface area contributed by atoms with Crippen LogP contribution >= 0.6 is 0 Å². The number of ether oxygens (including phenoxy) is 1. The van der Waals surface area contributed by atoms with Gasteiger partial charge in [0.05, 0.1) is 13.2 Å². The molecule has 0 aromatic carbocycles. The van der Waals surface area contributed by atoms with Crippen molar-refractivity contribution < 1.29 is 4.74 Å². The van der Waals surface area contributed by atoms with Gasteiger partial charge >= 0.3 is 0 Å². The molecule has 0 aliphatic carbocycles. The maximum atomic E-state index is 5.55. The van der Waals surface area contributed by atoms with Crippen LogP contribution in [0.3, 0.4) is 0 Å². The summed E-state index contributed by atoms with van der Waals surface area (Å²) in [6, 6.07) is 1.29. The van der Waals surface area contributed by atoms with Crippen molar-refractivity contribution >= 4 is 0 Å². The van der Waals surface area contributed by atoms with Crippen LogP contribution in [0.1, 0.15) is 6.92 Å². The van der Waals surface area contributed by atoms with Gasteiger partial charge in [-0.1, -0.05) is 6.92 Å². The van der Waals surface area contributed by atoms with Gasteiger partial charge in [-0.25, -0.2) is 0 Å². The maximum absolute atomic E-state index is 5.55. The number of hydrogen-bond acceptors (Lipinski definition) is 3. The van der Waals surface area contributed by atoms with Crippen LogP contribution in [0.25, 0.3) is 0 Å². The van der Waals surface area contributed by atoms with E-state index in [1.54, 1.807) is 0 Å². The molecule has 2 aliphatic heterocycles. The van der Waals surface area contributed by atoms with E-state index in [1.807, 2.05) is 0 Å². The van der Waals surface area contributed by atoms with Crippen LogP contribution in [0.4, 0.5) is 0 Å². The lowest BCUT2D eigenvalue weighted by molar-refractivity contribution is -0.0897. The standard InChI is InChI=1S/C9H18N2O/c1-3-11-8-4-10(2)5-9(11)7-12-6-8/h8-9H,3-7H2,1-2H3. The second-order valence-electron chi connectivity index (χ2n) is 3.90. The molecule has 70 valence electrons. The van der Waals surface area contributed by atoms with E-state index < -0.39 is 0 Å². The van der Waals surface area contributed by atoms with Gasteiger partial charge in [-0.05, 0) is 13.6 Å². The zero-order chi connectivity index (χ0) is 8.55. The Bertz CT molecular complexity index is 149. The summed E-state index contributed by atoms with van der Waals surface area (Å²) < 4.78 is 5.55. The Balaban J connectivity index is 2.06. The highest BCUT2D eigenvalue weighted by atomic mass is 16.5. The third kappa shape index (κ3) is 1.37. The fraction of sp³-hybridized carbons (Fsp3) is 1.00. The molecule has 0 amide bonds. The average molecular weight is 170 g/mol. The lowest BCUT2D eigenvalue weighted by Crippen LogP contribution is -2.63. The van der Waals surface area contributed by atoms with Crippen molar-refractivity contribution in [2.24, 2.45) is 0 Å². The summed E-state index contributed by atoms with van der Waals surface area (Å²) in [5.41, 5.74) is 0. The minimum atomic E-state index is 0.646. The van der Waals surface area contributed by atoms with Gasteiger partial charge in [-0.15, -0.1) is 0 Å². The van der Waals surface area contributed by atoms with Crippen LogP contribution in [-0.2, 0) is 4.74 Å². The molecule has 2 rings (SSSR count). The molecule has 0 aromatic heterocycles. The molecule has 2 unspecified atom stereocenters. The summed E-state index contributed by atoms with van der Waals surface area (Å²) in [6.07, 6.45) is 0. The van der Waals surface area contributed by atoms with Crippen molar-refractivity contribution in [2.75, 3.05) is 39.9 Å². The lowest BCUT2D eigenvalue weighted by Gasteiger charge is -2.48. The van der Waals surface area contributed by atoms with E-state index in [1.165, 1.54) is 19.6 Å². The molecule has 2 aliphatic rings. The third-order valence-corrected chi connectivity index (χ3v) is 2.97. The highest BCUT2D eigenvalue weighted by Gasteiger charge is 2.35. The van der Waals surface area contributed by atoms with E-state index in [4.69, 9.17) is 4.74 Å². The molecule has 3 heteroatoms. The number of likely N-dealkylation sites (N-methyl/N-ethyl adjacent to an activating group) is 2. The topological polar surface area (TPSA) is 15.7 Å². The number of hydrogen-bond donors (Lipinski definition) is 0. The first-order valence-corrected chi connectivity index (χ1v) is 4.83. The van der Waals surface area contributed by atoms with Gasteiger partial charge in [-0.3, -0.25) is 4.90 Å². The average Bonchev–Trinajstić information content (AvgIpc) is 2.02. The Morgan fingerprint density at radius 3 is 2.33 bits per heavy atom. The molecule has 2 atom stereocenters. The first-order chi connectivity index (χ1) is 5.81. The normalized spacial score (nSPS) is 38.5. The van der Waals surface area contributed by atoms with Crippen LogP contribution in [0.15, 0.2) is 0 Å². The predicted octanol–water partition coefficient (Wildman–Crippen LogP) is 0.0211. The largest absolute Gasteiger partial charge is 0.378 e. The quantitative estimate of drug-likeness (QED) is 0.552. The summed E-state index contributed by atoms with van der Waals surface area (Å²) in [5, 5.41) is 0. The number of nitrogens with zero attached hydrogens (tertiary/aromatic N) is 2. The van der Waals surface area contributed by atoms with Crippen molar-refractivity contribution in [1.29, 1.82) is 0 Å². The Labute approximate surface area is 74.3 Å². The zero-order valence-electron chi connectivity index (χ0n) is 7.99. The van der Waals surface area contributed by atoms with Gasteiger partial charge in [0.25, 0.3) is 0 Å². The second kappa shape index (κ2) is 3.32. The summed E-state index contributed by atoms with van der Waals surface area (Å²) in [4.78, 5) is 5.01. The van der Waals surface area contributed by atoms with Crippen molar-refractivity contribution in [2.45, 2.75) is 19.0 Å². The minimum Gasteiger partial charge on any atom is -0.378 e. The van der Waals surface area contributed by atoms with E-state index in [9.17, 15) is 0 Å². The maximum Gasteiger partial charge on any atom is 0.0635 e. The molecule has 3 nitrogen and oxygen atoms in total. The molecule has 0 aromatic rings. The Hall–Kier alpha value is -0.120. The van der Waals surface area contributed by atoms with E-state index in [0.29, 0.717) is 12.1 Å². The van der Waals surface area contributed by atoms with Crippen LogP contribution in [0.2, 0.25) is 0 Å². The van der Waals surface area contributed by atoms with E-state index in [-0.39, 0.29) is 0 Å². The summed E-state index contributed by atoms with van der Waals surface area (Å²) in [5.74, 6) is 0. The SMILES string of the molecule is CCN1C2COCC1CN(C)C2. The van der Waals surface area contributed by atoms with Crippen molar-refractivity contribution in [1.82, 2.24) is 9.80 Å². The van der Waals surface area contributed by atoms with E-state index in [2.05, 4.69) is 23.8 Å². The molecule has 0 saturated carbocycles. The highest BCUT2D eigenvalue weighted by Crippen LogP contribution is 2.19. The van der Waals surface area contributed by atoms with Crippen LogP contribution in [0.5, 0.6) is 0 Å². The Morgan fingerprint density at radius 1 is 1.25 bits per heavy atom. The highest BCUT2D eigenvalue weighted by molar-refractivity contribution is 4.90. The van der Waals surface area contributed by atoms with Gasteiger partial charge in [-0.2, -0.15) is 0 Å². The number of morpholine rings is 1.